The maximum Gasteiger partial charge on any atom is 0.344 e. The van der Waals surface area contributed by atoms with Crippen LogP contribution in [-0.4, -0.2) is 17.2 Å². The second-order valence-electron chi connectivity index (χ2n) is 5.17. The molecule has 22 heavy (non-hydrogen) atoms. The van der Waals surface area contributed by atoms with Crippen molar-refractivity contribution in [3.05, 3.63) is 53.6 Å². The summed E-state index contributed by atoms with van der Waals surface area (Å²) in [4.78, 5) is 11.1. The monoisotopic (exact) mass is 299 g/mol. The van der Waals surface area contributed by atoms with Crippen molar-refractivity contribution in [1.82, 2.24) is 0 Å². The van der Waals surface area contributed by atoms with Crippen LogP contribution in [0.15, 0.2) is 42.5 Å². The molecule has 2 aromatic rings. The number of benzene rings is 2. The third-order valence-electron chi connectivity index (χ3n) is 3.71. The van der Waals surface area contributed by atoms with Crippen LogP contribution in [0.4, 0.5) is 0 Å². The van der Waals surface area contributed by atoms with Crippen molar-refractivity contribution in [2.24, 2.45) is 5.73 Å². The van der Waals surface area contributed by atoms with Crippen molar-refractivity contribution in [2.75, 3.05) is 0 Å². The van der Waals surface area contributed by atoms with E-state index in [1.54, 1.807) is 25.1 Å². The number of carboxylic acid groups (broad SMARTS) is 1. The van der Waals surface area contributed by atoms with E-state index in [0.29, 0.717) is 17.9 Å². The molecule has 2 aromatic carbocycles. The number of aliphatic carboxylic acids is 1. The highest BCUT2D eigenvalue weighted by Gasteiger charge is 2.25. The Hall–Kier alpha value is -2.53. The topological polar surface area (TPSA) is 81.8 Å². The van der Waals surface area contributed by atoms with Crippen LogP contribution in [0.25, 0.3) is 0 Å². The van der Waals surface area contributed by atoms with Gasteiger partial charge < -0.3 is 20.3 Å². The first kappa shape index (κ1) is 14.4. The van der Waals surface area contributed by atoms with Crippen LogP contribution in [0.3, 0.4) is 0 Å². The smallest absolute Gasteiger partial charge is 0.344 e. The Labute approximate surface area is 128 Å². The van der Waals surface area contributed by atoms with Crippen LogP contribution in [0, 0.1) is 0 Å². The summed E-state index contributed by atoms with van der Waals surface area (Å²) in [5.41, 5.74) is 7.99. The molecule has 114 valence electrons. The minimum atomic E-state index is -0.980. The summed E-state index contributed by atoms with van der Waals surface area (Å²) in [7, 11) is 0. The Morgan fingerprint density at radius 2 is 2.00 bits per heavy atom. The standard InChI is InChI=1S/C17H17NO4/c1-2-13(17(19)20)21-10-7-8-15-12(9-10)16(18)11-5-3-4-6-14(11)22-15/h3-9,13,16H,2,18H2,1H3,(H,19,20). The lowest BCUT2D eigenvalue weighted by molar-refractivity contribution is -0.145. The SMILES string of the molecule is CCC(Oc1ccc2c(c1)C(N)c1ccccc1O2)C(=O)O. The summed E-state index contributed by atoms with van der Waals surface area (Å²) in [6.07, 6.45) is -0.483. The Morgan fingerprint density at radius 3 is 2.73 bits per heavy atom. The van der Waals surface area contributed by atoms with Crippen LogP contribution < -0.4 is 15.2 Å². The molecule has 3 rings (SSSR count). The van der Waals surface area contributed by atoms with E-state index in [0.717, 1.165) is 16.9 Å². The van der Waals surface area contributed by atoms with Gasteiger partial charge in [0.2, 0.25) is 0 Å². The first-order valence-corrected chi connectivity index (χ1v) is 7.16. The summed E-state index contributed by atoms with van der Waals surface area (Å²) in [6.45, 7) is 1.77. The van der Waals surface area contributed by atoms with Gasteiger partial charge in [-0.05, 0) is 30.7 Å². The second-order valence-corrected chi connectivity index (χ2v) is 5.17. The summed E-state index contributed by atoms with van der Waals surface area (Å²) in [5, 5.41) is 9.08. The molecule has 5 nitrogen and oxygen atoms in total. The van der Waals surface area contributed by atoms with Crippen LogP contribution in [0.2, 0.25) is 0 Å². The molecule has 0 radical (unpaired) electrons. The zero-order chi connectivity index (χ0) is 15.7. The molecular formula is C17H17NO4. The van der Waals surface area contributed by atoms with Crippen molar-refractivity contribution >= 4 is 5.97 Å². The molecule has 0 aliphatic carbocycles. The van der Waals surface area contributed by atoms with Gasteiger partial charge in [0.15, 0.2) is 6.10 Å². The van der Waals surface area contributed by atoms with E-state index in [9.17, 15) is 4.79 Å². The Bertz CT molecular complexity index is 714. The molecule has 0 saturated heterocycles. The molecule has 0 amide bonds. The molecular weight excluding hydrogens is 282 g/mol. The first-order chi connectivity index (χ1) is 10.6. The van der Waals surface area contributed by atoms with Crippen LogP contribution in [0.1, 0.15) is 30.5 Å². The molecule has 3 N–H and O–H groups in total. The van der Waals surface area contributed by atoms with E-state index in [2.05, 4.69) is 0 Å². The number of para-hydroxylation sites is 1. The normalized spacial score (nSPS) is 16.9. The Kier molecular flexibility index (Phi) is 3.73. The van der Waals surface area contributed by atoms with E-state index < -0.39 is 12.1 Å². The molecule has 0 spiro atoms. The fourth-order valence-corrected chi connectivity index (χ4v) is 2.52. The molecule has 5 heteroatoms. The fourth-order valence-electron chi connectivity index (χ4n) is 2.52. The number of nitrogens with two attached hydrogens (primary N) is 1. The molecule has 1 heterocycles. The maximum atomic E-state index is 11.1. The number of rotatable bonds is 4. The third kappa shape index (κ3) is 2.51. The predicted octanol–water partition coefficient (Wildman–Crippen LogP) is 3.08. The molecule has 0 aromatic heterocycles. The lowest BCUT2D eigenvalue weighted by atomic mass is 9.95. The first-order valence-electron chi connectivity index (χ1n) is 7.16. The number of hydrogen-bond acceptors (Lipinski definition) is 4. The summed E-state index contributed by atoms with van der Waals surface area (Å²) in [5.74, 6) is 0.910. The van der Waals surface area contributed by atoms with Gasteiger partial charge in [-0.3, -0.25) is 0 Å². The average molecular weight is 299 g/mol. The zero-order valence-corrected chi connectivity index (χ0v) is 12.2. The lowest BCUT2D eigenvalue weighted by Gasteiger charge is -2.26. The van der Waals surface area contributed by atoms with Gasteiger partial charge in [-0.15, -0.1) is 0 Å². The van der Waals surface area contributed by atoms with Crippen LogP contribution in [-0.2, 0) is 4.79 Å². The van der Waals surface area contributed by atoms with Gasteiger partial charge in [-0.25, -0.2) is 4.79 Å². The molecule has 0 saturated carbocycles. The van der Waals surface area contributed by atoms with E-state index >= 15 is 0 Å². The molecule has 1 aliphatic heterocycles. The summed E-state index contributed by atoms with van der Waals surface area (Å²) in [6, 6.07) is 12.5. The van der Waals surface area contributed by atoms with Crippen molar-refractivity contribution in [3.8, 4) is 17.2 Å². The molecule has 0 fully saturated rings. The van der Waals surface area contributed by atoms with Crippen molar-refractivity contribution in [1.29, 1.82) is 0 Å². The molecule has 2 atom stereocenters. The van der Waals surface area contributed by atoms with Crippen LogP contribution in [0.5, 0.6) is 17.2 Å². The quantitative estimate of drug-likeness (QED) is 0.906. The van der Waals surface area contributed by atoms with Gasteiger partial charge in [0.05, 0.1) is 6.04 Å². The van der Waals surface area contributed by atoms with Crippen LogP contribution >= 0.6 is 0 Å². The molecule has 0 bridgehead atoms. The number of carboxylic acids is 1. The summed E-state index contributed by atoms with van der Waals surface area (Å²) < 4.78 is 11.3. The van der Waals surface area contributed by atoms with E-state index in [-0.39, 0.29) is 6.04 Å². The minimum absolute atomic E-state index is 0.326. The second kappa shape index (κ2) is 5.69. The lowest BCUT2D eigenvalue weighted by Crippen LogP contribution is -2.26. The van der Waals surface area contributed by atoms with Gasteiger partial charge in [0.25, 0.3) is 0 Å². The summed E-state index contributed by atoms with van der Waals surface area (Å²) >= 11 is 0. The zero-order valence-electron chi connectivity index (χ0n) is 12.2. The predicted molar refractivity (Wildman–Crippen MR) is 81.3 cm³/mol. The highest BCUT2D eigenvalue weighted by Crippen LogP contribution is 2.42. The molecule has 2 unspecified atom stereocenters. The third-order valence-corrected chi connectivity index (χ3v) is 3.71. The maximum absolute atomic E-state index is 11.1. The number of carbonyl (C=O) groups is 1. The van der Waals surface area contributed by atoms with Gasteiger partial charge in [0.1, 0.15) is 17.2 Å². The number of fused-ring (bicyclic) bond motifs is 2. The highest BCUT2D eigenvalue weighted by molar-refractivity contribution is 5.72. The average Bonchev–Trinajstić information content (AvgIpc) is 2.53. The van der Waals surface area contributed by atoms with Crippen molar-refractivity contribution in [2.45, 2.75) is 25.5 Å². The van der Waals surface area contributed by atoms with Gasteiger partial charge in [0, 0.05) is 11.1 Å². The van der Waals surface area contributed by atoms with E-state index in [4.69, 9.17) is 20.3 Å². The van der Waals surface area contributed by atoms with E-state index in [1.807, 2.05) is 24.3 Å². The Balaban J connectivity index is 1.92. The Morgan fingerprint density at radius 1 is 1.27 bits per heavy atom. The van der Waals surface area contributed by atoms with Gasteiger partial charge in [-0.2, -0.15) is 0 Å². The van der Waals surface area contributed by atoms with Gasteiger partial charge in [-0.1, -0.05) is 25.1 Å². The minimum Gasteiger partial charge on any atom is -0.479 e. The van der Waals surface area contributed by atoms with Crippen molar-refractivity contribution < 1.29 is 19.4 Å². The highest BCUT2D eigenvalue weighted by atomic mass is 16.5. The fraction of sp³-hybridized carbons (Fsp3) is 0.235. The van der Waals surface area contributed by atoms with Crippen molar-refractivity contribution in [3.63, 3.8) is 0 Å². The number of ether oxygens (including phenoxy) is 2. The largest absolute Gasteiger partial charge is 0.479 e. The number of hydrogen-bond donors (Lipinski definition) is 2. The van der Waals surface area contributed by atoms with E-state index in [1.165, 1.54) is 0 Å². The van der Waals surface area contributed by atoms with Gasteiger partial charge >= 0.3 is 5.97 Å². The molecule has 1 aliphatic rings.